The first-order valence-corrected chi connectivity index (χ1v) is 4.34. The summed E-state index contributed by atoms with van der Waals surface area (Å²) in [6, 6.07) is 4.12. The normalized spacial score (nSPS) is 11.5. The summed E-state index contributed by atoms with van der Waals surface area (Å²) in [6.45, 7) is 3.73. The van der Waals surface area contributed by atoms with Crippen molar-refractivity contribution in [2.45, 2.75) is 19.3 Å². The molecule has 2 aromatic rings. The van der Waals surface area contributed by atoms with Crippen LogP contribution in [0.3, 0.4) is 0 Å². The summed E-state index contributed by atoms with van der Waals surface area (Å²) in [5.74, 6) is 0. The maximum Gasteiger partial charge on any atom is 0.153 e. The lowest BCUT2D eigenvalue weighted by Crippen LogP contribution is -2.14. The third-order valence-electron chi connectivity index (χ3n) is 2.26. The highest BCUT2D eigenvalue weighted by Gasteiger charge is 2.20. The summed E-state index contributed by atoms with van der Waals surface area (Å²) in [5.41, 5.74) is 1.14. The topological polar surface area (TPSA) is 54.0 Å². The monoisotopic (exact) mass is 186 g/mol. The molecule has 0 aliphatic rings. The second kappa shape index (κ2) is 2.81. The number of hydrogen-bond acceptors (Lipinski definition) is 3. The minimum Gasteiger partial charge on any atom is -0.236 e. The van der Waals surface area contributed by atoms with Crippen LogP contribution in [0, 0.1) is 11.3 Å². The van der Waals surface area contributed by atoms with Gasteiger partial charge in [-0.05, 0) is 25.5 Å². The smallest absolute Gasteiger partial charge is 0.153 e. The third kappa shape index (κ3) is 1.23. The Labute approximate surface area is 81.8 Å². The van der Waals surface area contributed by atoms with Crippen LogP contribution in [0.25, 0.3) is 5.65 Å². The van der Waals surface area contributed by atoms with Crippen molar-refractivity contribution in [3.05, 3.63) is 30.2 Å². The van der Waals surface area contributed by atoms with Gasteiger partial charge in [-0.15, -0.1) is 0 Å². The molecule has 0 bridgehead atoms. The number of nitrogens with zero attached hydrogens (tertiary/aromatic N) is 4. The van der Waals surface area contributed by atoms with Crippen LogP contribution in [0.15, 0.2) is 24.7 Å². The number of hydrogen-bond donors (Lipinski definition) is 0. The largest absolute Gasteiger partial charge is 0.236 e. The molecular weight excluding hydrogens is 176 g/mol. The zero-order valence-corrected chi connectivity index (χ0v) is 8.10. The lowest BCUT2D eigenvalue weighted by atomic mass is 9.88. The summed E-state index contributed by atoms with van der Waals surface area (Å²) in [6.07, 6.45) is 5.17. The van der Waals surface area contributed by atoms with Gasteiger partial charge in [0.25, 0.3) is 0 Å². The highest BCUT2D eigenvalue weighted by molar-refractivity contribution is 5.42. The SMILES string of the molecule is CC(C)(C#N)c1cnn2ccnc2c1. The summed E-state index contributed by atoms with van der Waals surface area (Å²) in [7, 11) is 0. The van der Waals surface area contributed by atoms with Crippen molar-refractivity contribution in [1.82, 2.24) is 14.6 Å². The van der Waals surface area contributed by atoms with E-state index in [-0.39, 0.29) is 0 Å². The Hall–Kier alpha value is -1.89. The maximum absolute atomic E-state index is 8.97. The molecule has 0 radical (unpaired) electrons. The van der Waals surface area contributed by atoms with Gasteiger partial charge in [0, 0.05) is 12.4 Å². The number of imidazole rings is 1. The number of aromatic nitrogens is 3. The van der Waals surface area contributed by atoms with E-state index < -0.39 is 5.41 Å². The van der Waals surface area contributed by atoms with Gasteiger partial charge in [0.05, 0.1) is 17.7 Å². The average molecular weight is 186 g/mol. The molecule has 0 unspecified atom stereocenters. The minimum atomic E-state index is -0.513. The van der Waals surface area contributed by atoms with Crippen LogP contribution in [0.2, 0.25) is 0 Å². The molecule has 0 spiro atoms. The quantitative estimate of drug-likeness (QED) is 0.678. The van der Waals surface area contributed by atoms with E-state index in [1.165, 1.54) is 0 Å². The van der Waals surface area contributed by atoms with Gasteiger partial charge >= 0.3 is 0 Å². The molecular formula is C10H10N4. The molecule has 0 aliphatic carbocycles. The molecule has 70 valence electrons. The van der Waals surface area contributed by atoms with E-state index >= 15 is 0 Å². The highest BCUT2D eigenvalue weighted by Crippen LogP contribution is 2.21. The molecule has 0 aromatic carbocycles. The molecule has 0 saturated heterocycles. The Morgan fingerprint density at radius 3 is 3.00 bits per heavy atom. The van der Waals surface area contributed by atoms with Crippen molar-refractivity contribution in [2.75, 3.05) is 0 Å². The van der Waals surface area contributed by atoms with Gasteiger partial charge in [-0.1, -0.05) is 0 Å². The standard InChI is InChI=1S/C10H10N4/c1-10(2,7-11)8-5-9-12-3-4-14(9)13-6-8/h3-6H,1-2H3. The Kier molecular flexibility index (Phi) is 1.74. The second-order valence-corrected chi connectivity index (χ2v) is 3.71. The van der Waals surface area contributed by atoms with Crippen LogP contribution in [-0.2, 0) is 5.41 Å². The van der Waals surface area contributed by atoms with E-state index in [9.17, 15) is 0 Å². The van der Waals surface area contributed by atoms with Gasteiger partial charge in [-0.3, -0.25) is 0 Å². The number of nitriles is 1. The van der Waals surface area contributed by atoms with Crippen molar-refractivity contribution in [1.29, 1.82) is 5.26 Å². The summed E-state index contributed by atoms with van der Waals surface area (Å²) < 4.78 is 1.68. The molecule has 4 nitrogen and oxygen atoms in total. The van der Waals surface area contributed by atoms with Gasteiger partial charge in [-0.2, -0.15) is 10.4 Å². The summed E-state index contributed by atoms with van der Waals surface area (Å²) >= 11 is 0. The van der Waals surface area contributed by atoms with E-state index in [0.717, 1.165) is 11.2 Å². The van der Waals surface area contributed by atoms with Gasteiger partial charge < -0.3 is 0 Å². The Morgan fingerprint density at radius 2 is 2.29 bits per heavy atom. The molecule has 0 atom stereocenters. The molecule has 14 heavy (non-hydrogen) atoms. The molecule has 4 heteroatoms. The minimum absolute atomic E-state index is 0.513. The highest BCUT2D eigenvalue weighted by atomic mass is 15.2. The lowest BCUT2D eigenvalue weighted by molar-refractivity contribution is 0.676. The molecule has 0 amide bonds. The Bertz CT molecular complexity index is 504. The molecule has 0 fully saturated rings. The third-order valence-corrected chi connectivity index (χ3v) is 2.26. The molecule has 2 heterocycles. The number of rotatable bonds is 1. The Balaban J connectivity index is 2.61. The molecule has 2 rings (SSSR count). The first-order chi connectivity index (χ1) is 6.63. The fourth-order valence-corrected chi connectivity index (χ4v) is 1.22. The van der Waals surface area contributed by atoms with Crippen LogP contribution >= 0.6 is 0 Å². The van der Waals surface area contributed by atoms with Crippen molar-refractivity contribution in [2.24, 2.45) is 0 Å². The summed E-state index contributed by atoms with van der Waals surface area (Å²) in [5, 5.41) is 13.1. The van der Waals surface area contributed by atoms with E-state index in [1.54, 1.807) is 23.1 Å². The maximum atomic E-state index is 8.97. The summed E-state index contributed by atoms with van der Waals surface area (Å²) in [4.78, 5) is 4.12. The van der Waals surface area contributed by atoms with Gasteiger partial charge in [0.2, 0.25) is 0 Å². The van der Waals surface area contributed by atoms with Crippen molar-refractivity contribution < 1.29 is 0 Å². The molecule has 0 N–H and O–H groups in total. The van der Waals surface area contributed by atoms with Crippen molar-refractivity contribution in [3.63, 3.8) is 0 Å². The fourth-order valence-electron chi connectivity index (χ4n) is 1.22. The Morgan fingerprint density at radius 1 is 1.50 bits per heavy atom. The van der Waals surface area contributed by atoms with Crippen LogP contribution < -0.4 is 0 Å². The van der Waals surface area contributed by atoms with E-state index in [1.807, 2.05) is 19.9 Å². The zero-order chi connectivity index (χ0) is 10.2. The van der Waals surface area contributed by atoms with Crippen molar-refractivity contribution >= 4 is 5.65 Å². The van der Waals surface area contributed by atoms with E-state index in [0.29, 0.717) is 0 Å². The fraction of sp³-hybridized carbons (Fsp3) is 0.300. The number of fused-ring (bicyclic) bond motifs is 1. The molecule has 2 aromatic heterocycles. The van der Waals surface area contributed by atoms with E-state index in [4.69, 9.17) is 5.26 Å². The predicted octanol–water partition coefficient (Wildman–Crippen LogP) is 1.53. The van der Waals surface area contributed by atoms with E-state index in [2.05, 4.69) is 16.2 Å². The van der Waals surface area contributed by atoms with Crippen molar-refractivity contribution in [3.8, 4) is 6.07 Å². The molecule has 0 saturated carbocycles. The first-order valence-electron chi connectivity index (χ1n) is 4.34. The van der Waals surface area contributed by atoms with Crippen LogP contribution in [0.5, 0.6) is 0 Å². The molecule has 0 aliphatic heterocycles. The van der Waals surface area contributed by atoms with Gasteiger partial charge in [0.1, 0.15) is 0 Å². The van der Waals surface area contributed by atoms with Crippen LogP contribution in [0.1, 0.15) is 19.4 Å². The second-order valence-electron chi connectivity index (χ2n) is 3.71. The van der Waals surface area contributed by atoms with Crippen LogP contribution in [0.4, 0.5) is 0 Å². The van der Waals surface area contributed by atoms with Gasteiger partial charge in [0.15, 0.2) is 5.65 Å². The van der Waals surface area contributed by atoms with Gasteiger partial charge in [-0.25, -0.2) is 9.50 Å². The average Bonchev–Trinajstić information content (AvgIpc) is 2.64. The zero-order valence-electron chi connectivity index (χ0n) is 8.10. The predicted molar refractivity (Wildman–Crippen MR) is 51.6 cm³/mol. The van der Waals surface area contributed by atoms with Crippen LogP contribution in [-0.4, -0.2) is 14.6 Å². The lowest BCUT2D eigenvalue weighted by Gasteiger charge is -2.14. The first kappa shape index (κ1) is 8.70.